The van der Waals surface area contributed by atoms with Crippen molar-refractivity contribution in [1.82, 2.24) is 9.97 Å². The van der Waals surface area contributed by atoms with Gasteiger partial charge in [0.25, 0.3) is 0 Å². The van der Waals surface area contributed by atoms with Crippen LogP contribution >= 0.6 is 11.6 Å². The lowest BCUT2D eigenvalue weighted by Crippen LogP contribution is -2.12. The summed E-state index contributed by atoms with van der Waals surface area (Å²) in [5, 5.41) is 5.95. The molecule has 0 aliphatic carbocycles. The summed E-state index contributed by atoms with van der Waals surface area (Å²) >= 11 is 6.33. The lowest BCUT2D eigenvalue weighted by Gasteiger charge is -2.10. The second-order valence-electron chi connectivity index (χ2n) is 8.47. The number of benzene rings is 3. The molecule has 1 amide bonds. The molecule has 0 spiro atoms. The van der Waals surface area contributed by atoms with Crippen LogP contribution in [0.15, 0.2) is 78.9 Å². The molecule has 2 aromatic heterocycles. The molecule has 5 heteroatoms. The quantitative estimate of drug-likeness (QED) is 0.259. The van der Waals surface area contributed by atoms with E-state index in [0.29, 0.717) is 11.4 Å². The van der Waals surface area contributed by atoms with E-state index in [1.54, 1.807) is 0 Å². The van der Waals surface area contributed by atoms with Crippen molar-refractivity contribution in [2.75, 3.05) is 5.32 Å². The number of nitrogens with zero attached hydrogens (tertiary/aromatic N) is 1. The number of H-pyrrole nitrogens is 1. The van der Waals surface area contributed by atoms with E-state index in [2.05, 4.69) is 29.4 Å². The molecule has 0 aliphatic rings. The molecule has 5 aromatic rings. The van der Waals surface area contributed by atoms with Gasteiger partial charge in [0.05, 0.1) is 16.9 Å². The Morgan fingerprint density at radius 2 is 1.82 bits per heavy atom. The number of rotatable bonds is 7. The highest BCUT2D eigenvalue weighted by molar-refractivity contribution is 6.31. The highest BCUT2D eigenvalue weighted by Gasteiger charge is 2.16. The number of nitrogens with one attached hydrogen (secondary N) is 2. The van der Waals surface area contributed by atoms with Crippen molar-refractivity contribution in [3.63, 3.8) is 0 Å². The second kappa shape index (κ2) is 9.70. The Bertz CT molecular complexity index is 1490. The summed E-state index contributed by atoms with van der Waals surface area (Å²) in [4.78, 5) is 21.1. The number of para-hydroxylation sites is 2. The zero-order valence-corrected chi connectivity index (χ0v) is 19.8. The summed E-state index contributed by atoms with van der Waals surface area (Å²) < 4.78 is 0. The van der Waals surface area contributed by atoms with Crippen molar-refractivity contribution in [1.29, 1.82) is 0 Å². The van der Waals surface area contributed by atoms with Gasteiger partial charge in [0, 0.05) is 33.4 Å². The fraction of sp³-hybridized carbons (Fsp3) is 0.172. The van der Waals surface area contributed by atoms with Gasteiger partial charge in [-0.2, -0.15) is 0 Å². The fourth-order valence-electron chi connectivity index (χ4n) is 4.49. The summed E-state index contributed by atoms with van der Waals surface area (Å²) in [5.41, 5.74) is 7.04. The highest BCUT2D eigenvalue weighted by atomic mass is 35.5. The number of hydrogen-bond donors (Lipinski definition) is 2. The Kier molecular flexibility index (Phi) is 6.33. The smallest absolute Gasteiger partial charge is 0.224 e. The van der Waals surface area contributed by atoms with E-state index in [9.17, 15) is 4.79 Å². The summed E-state index contributed by atoms with van der Waals surface area (Å²) in [6.07, 6.45) is 2.79. The van der Waals surface area contributed by atoms with Crippen LogP contribution in [0.4, 0.5) is 5.69 Å². The number of hydrogen-bond acceptors (Lipinski definition) is 2. The van der Waals surface area contributed by atoms with E-state index in [0.717, 1.165) is 69.3 Å². The van der Waals surface area contributed by atoms with Gasteiger partial charge < -0.3 is 10.3 Å². The summed E-state index contributed by atoms with van der Waals surface area (Å²) in [7, 11) is 0. The number of aromatic amines is 1. The highest BCUT2D eigenvalue weighted by Crippen LogP contribution is 2.33. The van der Waals surface area contributed by atoms with Gasteiger partial charge in [0.2, 0.25) is 5.91 Å². The van der Waals surface area contributed by atoms with Crippen LogP contribution < -0.4 is 5.32 Å². The summed E-state index contributed by atoms with van der Waals surface area (Å²) in [6.45, 7) is 2.09. The number of aromatic nitrogens is 2. The van der Waals surface area contributed by atoms with Crippen LogP contribution in [0.5, 0.6) is 0 Å². The SMILES string of the molecule is CCc1ccccc1NC(=O)CCCc1c(-c2ccc3ccccc3n2)[nH]c2ccc(Cl)cc12. The Hall–Kier alpha value is -3.63. The number of amides is 1. The molecule has 0 saturated carbocycles. The maximum absolute atomic E-state index is 12.7. The van der Waals surface area contributed by atoms with Gasteiger partial charge in [-0.25, -0.2) is 4.98 Å². The maximum atomic E-state index is 12.7. The van der Waals surface area contributed by atoms with Gasteiger partial charge >= 0.3 is 0 Å². The maximum Gasteiger partial charge on any atom is 0.224 e. The molecular formula is C29H26ClN3O. The van der Waals surface area contributed by atoms with Crippen molar-refractivity contribution in [2.24, 2.45) is 0 Å². The van der Waals surface area contributed by atoms with Crippen molar-refractivity contribution in [3.05, 3.63) is 95.0 Å². The van der Waals surface area contributed by atoms with Crippen LogP contribution in [0.25, 0.3) is 33.2 Å². The molecule has 2 N–H and O–H groups in total. The minimum Gasteiger partial charge on any atom is -0.353 e. The molecule has 34 heavy (non-hydrogen) atoms. The van der Waals surface area contributed by atoms with Crippen LogP contribution in [-0.2, 0) is 17.6 Å². The van der Waals surface area contributed by atoms with Gasteiger partial charge in [-0.3, -0.25) is 4.79 Å². The second-order valence-corrected chi connectivity index (χ2v) is 8.91. The van der Waals surface area contributed by atoms with E-state index >= 15 is 0 Å². The molecule has 2 heterocycles. The topological polar surface area (TPSA) is 57.8 Å². The van der Waals surface area contributed by atoms with Gasteiger partial charge in [-0.1, -0.05) is 61.0 Å². The number of pyridine rings is 1. The molecule has 0 atom stereocenters. The third kappa shape index (κ3) is 4.55. The molecule has 0 aliphatic heterocycles. The third-order valence-corrected chi connectivity index (χ3v) is 6.46. The van der Waals surface area contributed by atoms with Crippen LogP contribution in [0, 0.1) is 0 Å². The number of aryl methyl sites for hydroxylation is 2. The number of halogens is 1. The average Bonchev–Trinajstić information content (AvgIpc) is 3.21. The normalized spacial score (nSPS) is 11.2. The first kappa shape index (κ1) is 22.2. The van der Waals surface area contributed by atoms with E-state index in [4.69, 9.17) is 16.6 Å². The Labute approximate surface area is 204 Å². The molecule has 170 valence electrons. The van der Waals surface area contributed by atoms with Crippen molar-refractivity contribution < 1.29 is 4.79 Å². The van der Waals surface area contributed by atoms with Gasteiger partial charge in [0.15, 0.2) is 0 Å². The Balaban J connectivity index is 1.40. The largest absolute Gasteiger partial charge is 0.353 e. The Morgan fingerprint density at radius 3 is 2.71 bits per heavy atom. The number of carbonyl (C=O) groups is 1. The first-order valence-corrected chi connectivity index (χ1v) is 12.0. The molecule has 0 fully saturated rings. The monoisotopic (exact) mass is 467 g/mol. The van der Waals surface area contributed by atoms with Gasteiger partial charge in [0.1, 0.15) is 0 Å². The molecule has 0 saturated heterocycles. The predicted molar refractivity (Wildman–Crippen MR) is 141 cm³/mol. The van der Waals surface area contributed by atoms with E-state index < -0.39 is 0 Å². The zero-order valence-electron chi connectivity index (χ0n) is 19.1. The van der Waals surface area contributed by atoms with Crippen LogP contribution in [0.2, 0.25) is 5.02 Å². The fourth-order valence-corrected chi connectivity index (χ4v) is 4.66. The van der Waals surface area contributed by atoms with Crippen LogP contribution in [-0.4, -0.2) is 15.9 Å². The third-order valence-electron chi connectivity index (χ3n) is 6.23. The summed E-state index contributed by atoms with van der Waals surface area (Å²) in [6, 6.07) is 26.1. The molecule has 0 radical (unpaired) electrons. The number of fused-ring (bicyclic) bond motifs is 2. The minimum absolute atomic E-state index is 0.0316. The molecule has 4 nitrogen and oxygen atoms in total. The van der Waals surface area contributed by atoms with E-state index in [1.165, 1.54) is 0 Å². The average molecular weight is 468 g/mol. The molecule has 3 aromatic carbocycles. The lowest BCUT2D eigenvalue weighted by atomic mass is 10.0. The molecule has 5 rings (SSSR count). The minimum atomic E-state index is 0.0316. The van der Waals surface area contributed by atoms with E-state index in [-0.39, 0.29) is 5.91 Å². The van der Waals surface area contributed by atoms with Crippen LogP contribution in [0.1, 0.15) is 30.9 Å². The number of carbonyl (C=O) groups excluding carboxylic acids is 1. The number of anilines is 1. The predicted octanol–water partition coefficient (Wildman–Crippen LogP) is 7.56. The first-order chi connectivity index (χ1) is 16.6. The molecule has 0 bridgehead atoms. The van der Waals surface area contributed by atoms with Crippen molar-refractivity contribution in [3.8, 4) is 11.4 Å². The molecular weight excluding hydrogens is 442 g/mol. The molecule has 0 unspecified atom stereocenters. The van der Waals surface area contributed by atoms with Gasteiger partial charge in [-0.05, 0) is 66.8 Å². The zero-order chi connectivity index (χ0) is 23.5. The first-order valence-electron chi connectivity index (χ1n) is 11.7. The van der Waals surface area contributed by atoms with Crippen LogP contribution in [0.3, 0.4) is 0 Å². The standard InChI is InChI=1S/C29H26ClN3O/c1-2-19-8-3-5-11-24(19)32-28(34)13-7-10-22-23-18-21(30)15-17-26(23)33-29(22)27-16-14-20-9-4-6-12-25(20)31-27/h3-6,8-9,11-12,14-18,33H,2,7,10,13H2,1H3,(H,32,34). The van der Waals surface area contributed by atoms with Crippen molar-refractivity contribution >= 4 is 45.0 Å². The van der Waals surface area contributed by atoms with E-state index in [1.807, 2.05) is 66.7 Å². The van der Waals surface area contributed by atoms with Gasteiger partial charge in [-0.15, -0.1) is 0 Å². The lowest BCUT2D eigenvalue weighted by molar-refractivity contribution is -0.116. The Morgan fingerprint density at radius 1 is 1.00 bits per heavy atom. The van der Waals surface area contributed by atoms with Crippen molar-refractivity contribution in [2.45, 2.75) is 32.6 Å². The summed E-state index contributed by atoms with van der Waals surface area (Å²) in [5.74, 6) is 0.0316.